The van der Waals surface area contributed by atoms with Gasteiger partial charge in [-0.3, -0.25) is 0 Å². The smallest absolute Gasteiger partial charge is 0.223 e. The van der Waals surface area contributed by atoms with E-state index in [2.05, 4.69) is 37.9 Å². The summed E-state index contributed by atoms with van der Waals surface area (Å²) in [5, 5.41) is 0. The second kappa shape index (κ2) is 5.41. The molecule has 0 aliphatic rings. The maximum Gasteiger partial charge on any atom is 0.223 e. The van der Waals surface area contributed by atoms with Gasteiger partial charge in [-0.25, -0.2) is 4.98 Å². The Hall–Kier alpha value is -1.87. The molecule has 0 atom stereocenters. The van der Waals surface area contributed by atoms with E-state index in [4.69, 9.17) is 10.5 Å². The summed E-state index contributed by atoms with van der Waals surface area (Å²) in [6.07, 6.45) is 1.71. The van der Waals surface area contributed by atoms with E-state index in [1.54, 1.807) is 6.20 Å². The number of benzene rings is 1. The van der Waals surface area contributed by atoms with Crippen molar-refractivity contribution in [3.63, 3.8) is 0 Å². The average Bonchev–Trinajstić information content (AvgIpc) is 2.39. The molecule has 0 fully saturated rings. The molecule has 1 aromatic carbocycles. The minimum absolute atomic E-state index is 0.0974. The Labute approximate surface area is 114 Å². The Balaban J connectivity index is 2.29. The van der Waals surface area contributed by atoms with Crippen molar-refractivity contribution in [1.29, 1.82) is 0 Å². The predicted octanol–water partition coefficient (Wildman–Crippen LogP) is 3.63. The van der Waals surface area contributed by atoms with Crippen molar-refractivity contribution in [2.45, 2.75) is 32.7 Å². The zero-order valence-electron chi connectivity index (χ0n) is 11.7. The Morgan fingerprint density at radius 1 is 1.16 bits per heavy atom. The minimum atomic E-state index is 0.0974. The second-order valence-electron chi connectivity index (χ2n) is 5.55. The maximum absolute atomic E-state index is 5.85. The highest BCUT2D eigenvalue weighted by atomic mass is 16.5. The molecule has 3 heteroatoms. The van der Waals surface area contributed by atoms with Gasteiger partial charge in [0.15, 0.2) is 0 Å². The second-order valence-corrected chi connectivity index (χ2v) is 5.55. The number of nitrogens with two attached hydrogens (primary N) is 1. The summed E-state index contributed by atoms with van der Waals surface area (Å²) >= 11 is 0. The van der Waals surface area contributed by atoms with Gasteiger partial charge in [0.1, 0.15) is 5.75 Å². The monoisotopic (exact) mass is 256 g/mol. The Morgan fingerprint density at radius 3 is 2.63 bits per heavy atom. The molecule has 0 aliphatic carbocycles. The molecule has 100 valence electrons. The fourth-order valence-electron chi connectivity index (χ4n) is 1.81. The SMILES string of the molecule is CC(C)(C)c1cccc(Oc2ncccc2CN)c1. The molecular formula is C16H20N2O. The third kappa shape index (κ3) is 3.32. The first-order valence-corrected chi connectivity index (χ1v) is 6.43. The Bertz CT molecular complexity index is 559. The molecule has 0 radical (unpaired) electrons. The van der Waals surface area contributed by atoms with Crippen molar-refractivity contribution >= 4 is 0 Å². The number of aromatic nitrogens is 1. The molecule has 2 rings (SSSR count). The largest absolute Gasteiger partial charge is 0.439 e. The van der Waals surface area contributed by atoms with Gasteiger partial charge in [0, 0.05) is 18.3 Å². The molecule has 0 aliphatic heterocycles. The van der Waals surface area contributed by atoms with E-state index < -0.39 is 0 Å². The van der Waals surface area contributed by atoms with E-state index in [9.17, 15) is 0 Å². The highest BCUT2D eigenvalue weighted by Crippen LogP contribution is 2.28. The molecule has 2 aromatic rings. The fourth-order valence-corrected chi connectivity index (χ4v) is 1.81. The van der Waals surface area contributed by atoms with Crippen LogP contribution in [0.4, 0.5) is 0 Å². The lowest BCUT2D eigenvalue weighted by Crippen LogP contribution is -2.10. The van der Waals surface area contributed by atoms with Gasteiger partial charge in [-0.1, -0.05) is 39.0 Å². The summed E-state index contributed by atoms with van der Waals surface area (Å²) < 4.78 is 5.85. The average molecular weight is 256 g/mol. The van der Waals surface area contributed by atoms with Gasteiger partial charge in [0.25, 0.3) is 0 Å². The number of hydrogen-bond acceptors (Lipinski definition) is 3. The van der Waals surface area contributed by atoms with Crippen molar-refractivity contribution < 1.29 is 4.74 Å². The van der Waals surface area contributed by atoms with Crippen LogP contribution < -0.4 is 10.5 Å². The first-order chi connectivity index (χ1) is 9.00. The van der Waals surface area contributed by atoms with Gasteiger partial charge < -0.3 is 10.5 Å². The molecular weight excluding hydrogens is 236 g/mol. The topological polar surface area (TPSA) is 48.1 Å². The molecule has 3 nitrogen and oxygen atoms in total. The van der Waals surface area contributed by atoms with Gasteiger partial charge in [-0.2, -0.15) is 0 Å². The zero-order chi connectivity index (χ0) is 13.9. The highest BCUT2D eigenvalue weighted by Gasteiger charge is 2.14. The van der Waals surface area contributed by atoms with Crippen LogP contribution >= 0.6 is 0 Å². The van der Waals surface area contributed by atoms with Crippen molar-refractivity contribution in [2.24, 2.45) is 5.73 Å². The van der Waals surface area contributed by atoms with Crippen LogP contribution in [-0.4, -0.2) is 4.98 Å². The molecule has 0 saturated heterocycles. The lowest BCUT2D eigenvalue weighted by atomic mass is 9.87. The lowest BCUT2D eigenvalue weighted by Gasteiger charge is -2.19. The van der Waals surface area contributed by atoms with Crippen LogP contribution in [-0.2, 0) is 12.0 Å². The van der Waals surface area contributed by atoms with E-state index in [0.717, 1.165) is 11.3 Å². The van der Waals surface area contributed by atoms with Crippen LogP contribution in [0, 0.1) is 0 Å². The van der Waals surface area contributed by atoms with Crippen LogP contribution in [0.25, 0.3) is 0 Å². The first-order valence-electron chi connectivity index (χ1n) is 6.43. The Kier molecular flexibility index (Phi) is 3.86. The summed E-state index contributed by atoms with van der Waals surface area (Å²) in [5.74, 6) is 1.37. The van der Waals surface area contributed by atoms with Gasteiger partial charge in [0.2, 0.25) is 5.88 Å². The van der Waals surface area contributed by atoms with Crippen molar-refractivity contribution in [3.05, 3.63) is 53.7 Å². The van der Waals surface area contributed by atoms with E-state index in [1.165, 1.54) is 5.56 Å². The third-order valence-electron chi connectivity index (χ3n) is 2.98. The van der Waals surface area contributed by atoms with Crippen LogP contribution in [0.1, 0.15) is 31.9 Å². The molecule has 0 amide bonds. The van der Waals surface area contributed by atoms with E-state index >= 15 is 0 Å². The standard InChI is InChI=1S/C16H20N2O/c1-16(2,3)13-7-4-8-14(10-13)19-15-12(11-17)6-5-9-18-15/h4-10H,11,17H2,1-3H3. The number of hydrogen-bond donors (Lipinski definition) is 1. The normalized spacial score (nSPS) is 11.4. The van der Waals surface area contributed by atoms with Crippen LogP contribution in [0.2, 0.25) is 0 Å². The number of ether oxygens (including phenoxy) is 1. The van der Waals surface area contributed by atoms with Gasteiger partial charge in [-0.15, -0.1) is 0 Å². The lowest BCUT2D eigenvalue weighted by molar-refractivity contribution is 0.453. The maximum atomic E-state index is 5.85. The summed E-state index contributed by atoms with van der Waals surface area (Å²) in [6.45, 7) is 6.96. The van der Waals surface area contributed by atoms with Crippen LogP contribution in [0.3, 0.4) is 0 Å². The number of rotatable bonds is 3. The van der Waals surface area contributed by atoms with Crippen molar-refractivity contribution in [2.75, 3.05) is 0 Å². The summed E-state index contributed by atoms with van der Waals surface area (Å²) in [7, 11) is 0. The molecule has 0 unspecified atom stereocenters. The van der Waals surface area contributed by atoms with E-state index in [-0.39, 0.29) is 5.41 Å². The van der Waals surface area contributed by atoms with Crippen molar-refractivity contribution in [3.8, 4) is 11.6 Å². The van der Waals surface area contributed by atoms with Gasteiger partial charge >= 0.3 is 0 Å². The quantitative estimate of drug-likeness (QED) is 0.912. The fraction of sp³-hybridized carbons (Fsp3) is 0.312. The van der Waals surface area contributed by atoms with Gasteiger partial charge in [0.05, 0.1) is 0 Å². The third-order valence-corrected chi connectivity index (χ3v) is 2.98. The summed E-state index contributed by atoms with van der Waals surface area (Å²) in [6, 6.07) is 11.9. The molecule has 0 saturated carbocycles. The summed E-state index contributed by atoms with van der Waals surface area (Å²) in [4.78, 5) is 4.23. The number of nitrogens with zero attached hydrogens (tertiary/aromatic N) is 1. The molecule has 1 heterocycles. The van der Waals surface area contributed by atoms with Gasteiger partial charge in [-0.05, 0) is 29.2 Å². The zero-order valence-corrected chi connectivity index (χ0v) is 11.7. The molecule has 0 spiro atoms. The first kappa shape index (κ1) is 13.6. The minimum Gasteiger partial charge on any atom is -0.439 e. The Morgan fingerprint density at radius 2 is 1.95 bits per heavy atom. The van der Waals surface area contributed by atoms with Crippen molar-refractivity contribution in [1.82, 2.24) is 4.98 Å². The van der Waals surface area contributed by atoms with E-state index in [1.807, 2.05) is 24.3 Å². The summed E-state index contributed by atoms with van der Waals surface area (Å²) in [5.41, 5.74) is 7.92. The van der Waals surface area contributed by atoms with E-state index in [0.29, 0.717) is 12.4 Å². The molecule has 1 aromatic heterocycles. The molecule has 19 heavy (non-hydrogen) atoms. The molecule has 0 bridgehead atoms. The predicted molar refractivity (Wildman–Crippen MR) is 77.3 cm³/mol. The van der Waals surface area contributed by atoms with Crippen LogP contribution in [0.5, 0.6) is 11.6 Å². The van der Waals surface area contributed by atoms with Crippen LogP contribution in [0.15, 0.2) is 42.6 Å². The molecule has 2 N–H and O–H groups in total. The number of pyridine rings is 1. The highest BCUT2D eigenvalue weighted by molar-refractivity contribution is 5.36.